The maximum Gasteiger partial charge on any atom is 0.239 e. The van der Waals surface area contributed by atoms with Gasteiger partial charge in [-0.25, -0.2) is 0 Å². The molecule has 3 aliphatic rings. The van der Waals surface area contributed by atoms with Gasteiger partial charge in [-0.15, -0.1) is 0 Å². The Bertz CT molecular complexity index is 312. The Kier molecular flexibility index (Phi) is 3.60. The molecule has 1 heterocycles. The van der Waals surface area contributed by atoms with Gasteiger partial charge >= 0.3 is 0 Å². The van der Waals surface area contributed by atoms with Crippen molar-refractivity contribution >= 4 is 5.91 Å². The zero-order valence-electron chi connectivity index (χ0n) is 11.5. The number of fused-ring (bicyclic) bond motifs is 1. The van der Waals surface area contributed by atoms with E-state index in [-0.39, 0.29) is 6.04 Å². The van der Waals surface area contributed by atoms with Gasteiger partial charge in [0.15, 0.2) is 0 Å². The lowest BCUT2D eigenvalue weighted by Gasteiger charge is -2.34. The molecule has 3 nitrogen and oxygen atoms in total. The molecule has 3 heteroatoms. The van der Waals surface area contributed by atoms with E-state index < -0.39 is 0 Å². The lowest BCUT2D eigenvalue weighted by molar-refractivity contribution is -0.135. The summed E-state index contributed by atoms with van der Waals surface area (Å²) in [4.78, 5) is 14.7. The second-order valence-electron chi connectivity index (χ2n) is 6.48. The molecule has 3 rings (SSSR count). The minimum atomic E-state index is 0.129. The second-order valence-corrected chi connectivity index (χ2v) is 6.48. The van der Waals surface area contributed by atoms with Crippen molar-refractivity contribution in [1.82, 2.24) is 10.2 Å². The summed E-state index contributed by atoms with van der Waals surface area (Å²) in [7, 11) is 2.03. The van der Waals surface area contributed by atoms with Gasteiger partial charge < -0.3 is 10.2 Å². The van der Waals surface area contributed by atoms with Crippen LogP contribution in [0.4, 0.5) is 0 Å². The van der Waals surface area contributed by atoms with Gasteiger partial charge in [0.1, 0.15) is 0 Å². The SMILES string of the molecule is CN(C(=O)C1NCC2CCCC21)C1CCCCC1. The molecule has 0 aromatic heterocycles. The van der Waals surface area contributed by atoms with E-state index in [0.29, 0.717) is 17.9 Å². The molecule has 0 bridgehead atoms. The monoisotopic (exact) mass is 250 g/mol. The first-order valence-corrected chi connectivity index (χ1v) is 7.77. The Morgan fingerprint density at radius 1 is 1.06 bits per heavy atom. The van der Waals surface area contributed by atoms with Crippen molar-refractivity contribution in [3.8, 4) is 0 Å². The van der Waals surface area contributed by atoms with Crippen molar-refractivity contribution in [3.05, 3.63) is 0 Å². The fraction of sp³-hybridized carbons (Fsp3) is 0.933. The van der Waals surface area contributed by atoms with Crippen LogP contribution in [0.3, 0.4) is 0 Å². The van der Waals surface area contributed by atoms with Crippen molar-refractivity contribution in [2.24, 2.45) is 11.8 Å². The van der Waals surface area contributed by atoms with E-state index >= 15 is 0 Å². The molecule has 0 aromatic rings. The maximum atomic E-state index is 12.7. The first kappa shape index (κ1) is 12.5. The number of nitrogens with one attached hydrogen (secondary N) is 1. The predicted molar refractivity (Wildman–Crippen MR) is 72.3 cm³/mol. The highest BCUT2D eigenvalue weighted by Crippen LogP contribution is 2.38. The minimum absolute atomic E-state index is 0.129. The van der Waals surface area contributed by atoms with Crippen LogP contribution in [0.15, 0.2) is 0 Å². The molecule has 0 radical (unpaired) electrons. The number of nitrogens with zero attached hydrogens (tertiary/aromatic N) is 1. The zero-order valence-corrected chi connectivity index (χ0v) is 11.5. The van der Waals surface area contributed by atoms with Crippen LogP contribution in [0.2, 0.25) is 0 Å². The van der Waals surface area contributed by atoms with E-state index in [9.17, 15) is 4.79 Å². The smallest absolute Gasteiger partial charge is 0.239 e. The summed E-state index contributed by atoms with van der Waals surface area (Å²) in [6.45, 7) is 1.07. The third-order valence-corrected chi connectivity index (χ3v) is 5.48. The maximum absolute atomic E-state index is 12.7. The molecule has 3 fully saturated rings. The number of carbonyl (C=O) groups excluding carboxylic acids is 1. The molecule has 0 aromatic carbocycles. The average molecular weight is 250 g/mol. The van der Waals surface area contributed by atoms with Crippen LogP contribution < -0.4 is 5.32 Å². The standard InChI is InChI=1S/C15H26N2O/c1-17(12-7-3-2-4-8-12)15(18)14-13-9-5-6-11(13)10-16-14/h11-14,16H,2-10H2,1H3. The zero-order chi connectivity index (χ0) is 12.5. The topological polar surface area (TPSA) is 32.3 Å². The number of rotatable bonds is 2. The molecule has 3 unspecified atom stereocenters. The van der Waals surface area contributed by atoms with Crippen molar-refractivity contribution in [2.45, 2.75) is 63.5 Å². The van der Waals surface area contributed by atoms with Crippen LogP contribution >= 0.6 is 0 Å². The molecule has 0 spiro atoms. The lowest BCUT2D eigenvalue weighted by Crippen LogP contribution is -2.49. The van der Waals surface area contributed by atoms with Crippen LogP contribution in [0.5, 0.6) is 0 Å². The van der Waals surface area contributed by atoms with Gasteiger partial charge in [-0.05, 0) is 44.1 Å². The van der Waals surface area contributed by atoms with Crippen LogP contribution in [-0.2, 0) is 4.79 Å². The van der Waals surface area contributed by atoms with Crippen LogP contribution in [-0.4, -0.2) is 36.5 Å². The van der Waals surface area contributed by atoms with Crippen LogP contribution in [0, 0.1) is 11.8 Å². The molecule has 3 atom stereocenters. The molecule has 1 amide bonds. The number of hydrogen-bond acceptors (Lipinski definition) is 2. The van der Waals surface area contributed by atoms with Gasteiger partial charge in [-0.1, -0.05) is 25.7 Å². The highest BCUT2D eigenvalue weighted by molar-refractivity contribution is 5.82. The summed E-state index contributed by atoms with van der Waals surface area (Å²) in [5.74, 6) is 1.78. The molecule has 1 aliphatic heterocycles. The van der Waals surface area contributed by atoms with Crippen molar-refractivity contribution < 1.29 is 4.79 Å². The normalized spacial score (nSPS) is 36.6. The van der Waals surface area contributed by atoms with Gasteiger partial charge in [0.25, 0.3) is 0 Å². The quantitative estimate of drug-likeness (QED) is 0.814. The summed E-state index contributed by atoms with van der Waals surface area (Å²) in [5, 5.41) is 3.49. The molecule has 1 N–H and O–H groups in total. The van der Waals surface area contributed by atoms with Gasteiger partial charge in [0.05, 0.1) is 6.04 Å². The number of likely N-dealkylation sites (N-methyl/N-ethyl adjacent to an activating group) is 1. The molecular weight excluding hydrogens is 224 g/mol. The largest absolute Gasteiger partial charge is 0.341 e. The number of carbonyl (C=O) groups is 1. The Morgan fingerprint density at radius 3 is 2.61 bits per heavy atom. The third kappa shape index (κ3) is 2.18. The van der Waals surface area contributed by atoms with E-state index in [4.69, 9.17) is 0 Å². The van der Waals surface area contributed by atoms with E-state index in [1.165, 1.54) is 51.4 Å². The molecular formula is C15H26N2O. The van der Waals surface area contributed by atoms with Gasteiger partial charge in [-0.2, -0.15) is 0 Å². The van der Waals surface area contributed by atoms with Gasteiger partial charge in [-0.3, -0.25) is 4.79 Å². The Morgan fingerprint density at radius 2 is 1.83 bits per heavy atom. The van der Waals surface area contributed by atoms with Gasteiger partial charge in [0.2, 0.25) is 5.91 Å². The summed E-state index contributed by atoms with van der Waals surface area (Å²) < 4.78 is 0. The number of amides is 1. The van der Waals surface area contributed by atoms with E-state index in [0.717, 1.165) is 12.5 Å². The highest BCUT2D eigenvalue weighted by atomic mass is 16.2. The molecule has 18 heavy (non-hydrogen) atoms. The summed E-state index contributed by atoms with van der Waals surface area (Å²) in [5.41, 5.74) is 0. The molecule has 2 aliphatic carbocycles. The van der Waals surface area contributed by atoms with Crippen molar-refractivity contribution in [1.29, 1.82) is 0 Å². The first-order valence-electron chi connectivity index (χ1n) is 7.77. The Labute approximate surface area is 110 Å². The fourth-order valence-electron chi connectivity index (χ4n) is 4.33. The van der Waals surface area contributed by atoms with E-state index in [1.54, 1.807) is 0 Å². The summed E-state index contributed by atoms with van der Waals surface area (Å²) >= 11 is 0. The van der Waals surface area contributed by atoms with E-state index in [2.05, 4.69) is 10.2 Å². The van der Waals surface area contributed by atoms with Crippen LogP contribution in [0.1, 0.15) is 51.4 Å². The third-order valence-electron chi connectivity index (χ3n) is 5.48. The van der Waals surface area contributed by atoms with Crippen molar-refractivity contribution in [2.75, 3.05) is 13.6 Å². The summed E-state index contributed by atoms with van der Waals surface area (Å²) in [6, 6.07) is 0.637. The van der Waals surface area contributed by atoms with Crippen LogP contribution in [0.25, 0.3) is 0 Å². The average Bonchev–Trinajstić information content (AvgIpc) is 3.00. The van der Waals surface area contributed by atoms with Crippen molar-refractivity contribution in [3.63, 3.8) is 0 Å². The molecule has 2 saturated carbocycles. The Hall–Kier alpha value is -0.570. The predicted octanol–water partition coefficient (Wildman–Crippen LogP) is 2.17. The molecule has 102 valence electrons. The first-order chi connectivity index (χ1) is 8.77. The van der Waals surface area contributed by atoms with E-state index in [1.807, 2.05) is 7.05 Å². The summed E-state index contributed by atoms with van der Waals surface area (Å²) in [6.07, 6.45) is 10.3. The number of hydrogen-bond donors (Lipinski definition) is 1. The fourth-order valence-corrected chi connectivity index (χ4v) is 4.33. The highest BCUT2D eigenvalue weighted by Gasteiger charge is 2.44. The lowest BCUT2D eigenvalue weighted by atomic mass is 9.91. The molecule has 1 saturated heterocycles. The second kappa shape index (κ2) is 5.20. The Balaban J connectivity index is 1.62. The van der Waals surface area contributed by atoms with Gasteiger partial charge in [0, 0.05) is 13.1 Å². The minimum Gasteiger partial charge on any atom is -0.341 e.